The molecule has 0 radical (unpaired) electrons. The van der Waals surface area contributed by atoms with Crippen LogP contribution >= 0.6 is 0 Å². The van der Waals surface area contributed by atoms with Gasteiger partial charge in [0.1, 0.15) is 5.69 Å². The average Bonchev–Trinajstić information content (AvgIpc) is 3.47. The van der Waals surface area contributed by atoms with Crippen molar-refractivity contribution in [2.45, 2.75) is 77.9 Å². The van der Waals surface area contributed by atoms with Gasteiger partial charge in [0.25, 0.3) is 5.91 Å². The number of aliphatic hydroxyl groups excluding tert-OH is 1. The molecule has 0 aliphatic heterocycles. The molecule has 0 spiro atoms. The Morgan fingerprint density at radius 3 is 2.78 bits per heavy atom. The minimum absolute atomic E-state index is 0.119. The summed E-state index contributed by atoms with van der Waals surface area (Å²) in [6, 6.07) is 10.1. The molecule has 6 heteroatoms. The number of aromatic nitrogens is 2. The fourth-order valence-corrected chi connectivity index (χ4v) is 8.17. The number of amides is 1. The van der Waals surface area contributed by atoms with E-state index in [0.717, 1.165) is 43.7 Å². The summed E-state index contributed by atoms with van der Waals surface area (Å²) in [5, 5.41) is 15.2. The van der Waals surface area contributed by atoms with E-state index in [-0.39, 0.29) is 22.8 Å². The first kappa shape index (κ1) is 23.7. The van der Waals surface area contributed by atoms with Gasteiger partial charge in [0.15, 0.2) is 0 Å². The third-order valence-electron chi connectivity index (χ3n) is 10.3. The van der Waals surface area contributed by atoms with Crippen molar-refractivity contribution in [1.82, 2.24) is 15.0 Å². The zero-order chi connectivity index (χ0) is 24.9. The SMILES string of the molecule is C[C@]12CC[C@H]3[C@@H](CCC4=C/C(=N/NC(=O)c5cn(Cc6ccccc6)cn5)CC[C@@]43C)[C@@H]1CC[C@@H]2O. The molecule has 1 aromatic heterocycles. The quantitative estimate of drug-likeness (QED) is 0.573. The Balaban J connectivity index is 1.13. The van der Waals surface area contributed by atoms with Crippen LogP contribution in [0.3, 0.4) is 0 Å². The van der Waals surface area contributed by atoms with Crippen LogP contribution in [0.15, 0.2) is 59.6 Å². The first-order valence-electron chi connectivity index (χ1n) is 13.7. The number of carbonyl (C=O) groups is 1. The second-order valence-corrected chi connectivity index (χ2v) is 12.1. The summed E-state index contributed by atoms with van der Waals surface area (Å²) >= 11 is 0. The molecule has 6 rings (SSSR count). The molecule has 1 aromatic carbocycles. The van der Waals surface area contributed by atoms with Gasteiger partial charge in [-0.1, -0.05) is 49.8 Å². The molecule has 190 valence electrons. The molecule has 3 saturated carbocycles. The molecule has 3 fully saturated rings. The number of allylic oxidation sites excluding steroid dienone is 2. The maximum absolute atomic E-state index is 12.7. The summed E-state index contributed by atoms with van der Waals surface area (Å²) in [5.74, 6) is 1.83. The minimum atomic E-state index is -0.267. The van der Waals surface area contributed by atoms with Crippen LogP contribution in [0.4, 0.5) is 0 Å². The molecular formula is C30H38N4O2. The molecular weight excluding hydrogens is 448 g/mol. The highest BCUT2D eigenvalue weighted by Crippen LogP contribution is 2.65. The van der Waals surface area contributed by atoms with Crippen molar-refractivity contribution in [3.8, 4) is 0 Å². The number of hydrogen-bond acceptors (Lipinski definition) is 4. The largest absolute Gasteiger partial charge is 0.393 e. The van der Waals surface area contributed by atoms with Crippen LogP contribution < -0.4 is 5.43 Å². The number of nitrogens with one attached hydrogen (secondary N) is 1. The van der Waals surface area contributed by atoms with Crippen molar-refractivity contribution in [2.24, 2.45) is 33.7 Å². The smallest absolute Gasteiger partial charge is 0.291 e. The van der Waals surface area contributed by atoms with Gasteiger partial charge in [0.05, 0.1) is 18.1 Å². The molecule has 1 heterocycles. The number of rotatable bonds is 4. The predicted octanol–water partition coefficient (Wildman–Crippen LogP) is 5.34. The van der Waals surface area contributed by atoms with Crippen LogP contribution in [0.1, 0.15) is 81.3 Å². The highest BCUT2D eigenvalue weighted by molar-refractivity contribution is 5.99. The second kappa shape index (κ2) is 8.98. The number of aliphatic hydroxyl groups is 1. The Hall–Kier alpha value is -2.73. The van der Waals surface area contributed by atoms with Crippen LogP contribution in [-0.4, -0.2) is 32.4 Å². The molecule has 2 aromatic rings. The lowest BCUT2D eigenvalue weighted by atomic mass is 9.47. The lowest BCUT2D eigenvalue weighted by Gasteiger charge is -2.57. The number of hydrogen-bond donors (Lipinski definition) is 2. The van der Waals surface area contributed by atoms with Crippen molar-refractivity contribution in [1.29, 1.82) is 0 Å². The molecule has 0 saturated heterocycles. The summed E-state index contributed by atoms with van der Waals surface area (Å²) in [7, 11) is 0. The first-order chi connectivity index (χ1) is 17.4. The predicted molar refractivity (Wildman–Crippen MR) is 140 cm³/mol. The molecule has 4 aliphatic carbocycles. The van der Waals surface area contributed by atoms with Crippen molar-refractivity contribution >= 4 is 11.6 Å². The summed E-state index contributed by atoms with van der Waals surface area (Å²) < 4.78 is 1.92. The highest BCUT2D eigenvalue weighted by Gasteiger charge is 2.58. The van der Waals surface area contributed by atoms with Crippen LogP contribution in [0.2, 0.25) is 0 Å². The standard InChI is InChI=1S/C30H38N4O2/c1-29-14-12-22(32-33-28(36)26-18-34(19-31-26)17-20-6-4-3-5-7-20)16-21(29)8-9-23-24-10-11-27(35)30(24,2)15-13-25(23)29/h3-7,16,18-19,23-25,27,35H,8-15,17H2,1-2H3,(H,33,36)/b32-22+/t23-,24-,25-,27-,29-,30-/m0/s1. The normalized spacial score (nSPS) is 36.5. The van der Waals surface area contributed by atoms with Crippen LogP contribution in [0.25, 0.3) is 0 Å². The highest BCUT2D eigenvalue weighted by atomic mass is 16.3. The van der Waals surface area contributed by atoms with E-state index in [1.54, 1.807) is 12.5 Å². The van der Waals surface area contributed by atoms with E-state index in [1.807, 2.05) is 22.8 Å². The zero-order valence-corrected chi connectivity index (χ0v) is 21.5. The van der Waals surface area contributed by atoms with Crippen LogP contribution in [-0.2, 0) is 6.54 Å². The molecule has 36 heavy (non-hydrogen) atoms. The first-order valence-corrected chi connectivity index (χ1v) is 13.7. The molecule has 2 N–H and O–H groups in total. The summed E-state index contributed by atoms with van der Waals surface area (Å²) in [5.41, 5.74) is 7.12. The maximum atomic E-state index is 12.7. The van der Waals surface area contributed by atoms with E-state index in [9.17, 15) is 9.90 Å². The van der Waals surface area contributed by atoms with Gasteiger partial charge >= 0.3 is 0 Å². The van der Waals surface area contributed by atoms with Gasteiger partial charge in [-0.25, -0.2) is 10.4 Å². The third-order valence-corrected chi connectivity index (χ3v) is 10.3. The third kappa shape index (κ3) is 3.94. The monoisotopic (exact) mass is 486 g/mol. The summed E-state index contributed by atoms with van der Waals surface area (Å²) in [4.78, 5) is 17.0. The zero-order valence-electron chi connectivity index (χ0n) is 21.5. The van der Waals surface area contributed by atoms with Crippen molar-refractivity contribution in [3.05, 3.63) is 65.8 Å². The van der Waals surface area contributed by atoms with Crippen LogP contribution in [0.5, 0.6) is 0 Å². The summed E-state index contributed by atoms with van der Waals surface area (Å²) in [6.45, 7) is 5.50. The number of benzene rings is 1. The van der Waals surface area contributed by atoms with E-state index >= 15 is 0 Å². The average molecular weight is 487 g/mol. The molecule has 1 amide bonds. The van der Waals surface area contributed by atoms with E-state index < -0.39 is 0 Å². The van der Waals surface area contributed by atoms with Crippen LogP contribution in [0, 0.1) is 28.6 Å². The van der Waals surface area contributed by atoms with Crippen molar-refractivity contribution in [3.63, 3.8) is 0 Å². The van der Waals surface area contributed by atoms with Gasteiger partial charge in [-0.15, -0.1) is 0 Å². The van der Waals surface area contributed by atoms with Gasteiger partial charge in [0.2, 0.25) is 0 Å². The number of nitrogens with zero attached hydrogens (tertiary/aromatic N) is 3. The van der Waals surface area contributed by atoms with Crippen molar-refractivity contribution < 1.29 is 9.90 Å². The molecule has 0 unspecified atom stereocenters. The molecule has 0 bridgehead atoms. The van der Waals surface area contributed by atoms with Crippen molar-refractivity contribution in [2.75, 3.05) is 0 Å². The topological polar surface area (TPSA) is 79.5 Å². The Bertz CT molecular complexity index is 1200. The van der Waals surface area contributed by atoms with Gasteiger partial charge in [-0.3, -0.25) is 4.79 Å². The van der Waals surface area contributed by atoms with Gasteiger partial charge < -0.3 is 9.67 Å². The molecule has 4 aliphatic rings. The Morgan fingerprint density at radius 2 is 1.94 bits per heavy atom. The van der Waals surface area contributed by atoms with Gasteiger partial charge in [-0.2, -0.15) is 5.10 Å². The number of carbonyl (C=O) groups excluding carboxylic acids is 1. The Morgan fingerprint density at radius 1 is 1.11 bits per heavy atom. The fourth-order valence-electron chi connectivity index (χ4n) is 8.17. The minimum Gasteiger partial charge on any atom is -0.393 e. The maximum Gasteiger partial charge on any atom is 0.291 e. The lowest BCUT2D eigenvalue weighted by molar-refractivity contribution is -0.0721. The van der Waals surface area contributed by atoms with E-state index in [0.29, 0.717) is 24.1 Å². The second-order valence-electron chi connectivity index (χ2n) is 12.1. The Kier molecular flexibility index (Phi) is 5.90. The Labute approximate surface area is 213 Å². The molecule has 6 atom stereocenters. The van der Waals surface area contributed by atoms with E-state index in [4.69, 9.17) is 0 Å². The molecule has 6 nitrogen and oxygen atoms in total. The number of hydrazone groups is 1. The lowest BCUT2D eigenvalue weighted by Crippen LogP contribution is -2.51. The van der Waals surface area contributed by atoms with E-state index in [2.05, 4.69) is 47.6 Å². The number of imidazole rings is 1. The van der Waals surface area contributed by atoms with Gasteiger partial charge in [-0.05, 0) is 91.6 Å². The fraction of sp³-hybridized carbons (Fsp3) is 0.567. The summed E-state index contributed by atoms with van der Waals surface area (Å²) in [6.07, 6.45) is 14.5. The van der Waals surface area contributed by atoms with E-state index in [1.165, 1.54) is 30.4 Å². The van der Waals surface area contributed by atoms with Gasteiger partial charge in [0, 0.05) is 12.7 Å². The number of fused-ring (bicyclic) bond motifs is 5.